The molecule has 0 aromatic rings. The van der Waals surface area contributed by atoms with E-state index in [-0.39, 0.29) is 0 Å². The second-order valence-electron chi connectivity index (χ2n) is 9.54. The molecule has 0 unspecified atom stereocenters. The van der Waals surface area contributed by atoms with E-state index in [2.05, 4.69) is 81.6 Å². The van der Waals surface area contributed by atoms with Crippen molar-refractivity contribution in [3.63, 3.8) is 0 Å². The summed E-state index contributed by atoms with van der Waals surface area (Å²) in [7, 11) is -2.92. The molecule has 0 N–H and O–H groups in total. The fraction of sp³-hybridized carbons (Fsp3) is 0.636. The molecule has 0 saturated heterocycles. The van der Waals surface area contributed by atoms with Gasteiger partial charge in [-0.05, 0) is 88.8 Å². The molecule has 0 atom stereocenters. The zero-order chi connectivity index (χ0) is 18.8. The van der Waals surface area contributed by atoms with E-state index < -0.39 is 15.2 Å². The van der Waals surface area contributed by atoms with Gasteiger partial charge in [0.1, 0.15) is 0 Å². The maximum absolute atomic E-state index is 2.70. The highest BCUT2D eigenvalue weighted by atomic mass is 29.3. The van der Waals surface area contributed by atoms with Crippen molar-refractivity contribution < 1.29 is 0 Å². The average molecular weight is 359 g/mol. The molecule has 2 aliphatic rings. The van der Waals surface area contributed by atoms with Crippen LogP contribution in [0.1, 0.15) is 55.4 Å². The van der Waals surface area contributed by atoms with Crippen molar-refractivity contribution in [1.82, 2.24) is 0 Å². The minimum atomic E-state index is -1.46. The first kappa shape index (κ1) is 19.7. The lowest BCUT2D eigenvalue weighted by Crippen LogP contribution is -2.61. The van der Waals surface area contributed by atoms with Gasteiger partial charge in [0.05, 0.1) is 15.2 Å². The Bertz CT molecular complexity index is 598. The molecular formula is C22H38Si2. The maximum Gasteiger partial charge on any atom is 0.0547 e. The molecular weight excluding hydrogens is 320 g/mol. The molecule has 0 aromatic heterocycles. The van der Waals surface area contributed by atoms with Gasteiger partial charge in [0.25, 0.3) is 0 Å². The molecule has 0 radical (unpaired) electrons. The van der Waals surface area contributed by atoms with Gasteiger partial charge in [-0.1, -0.05) is 48.5 Å². The lowest BCUT2D eigenvalue weighted by atomic mass is 10.1. The largest absolute Gasteiger partial charge is 0.0705 e. The Morgan fingerprint density at radius 3 is 0.750 bits per heavy atom. The Hall–Kier alpha value is -0.606. The zero-order valence-corrected chi connectivity index (χ0v) is 20.2. The van der Waals surface area contributed by atoms with Crippen molar-refractivity contribution in [3.8, 4) is 0 Å². The highest BCUT2D eigenvalue weighted by Crippen LogP contribution is 2.55. The molecule has 2 rings (SSSR count). The van der Waals surface area contributed by atoms with E-state index in [1.54, 1.807) is 44.6 Å². The predicted molar refractivity (Wildman–Crippen MR) is 116 cm³/mol. The van der Waals surface area contributed by atoms with Crippen molar-refractivity contribution in [2.75, 3.05) is 0 Å². The first-order chi connectivity index (χ1) is 10.8. The van der Waals surface area contributed by atoms with Gasteiger partial charge in [-0.25, -0.2) is 0 Å². The van der Waals surface area contributed by atoms with Crippen LogP contribution >= 0.6 is 0 Å². The Kier molecular flexibility index (Phi) is 4.91. The van der Waals surface area contributed by atoms with Crippen LogP contribution in [0.3, 0.4) is 0 Å². The van der Waals surface area contributed by atoms with Crippen LogP contribution in [0, 0.1) is 0 Å². The van der Waals surface area contributed by atoms with Gasteiger partial charge < -0.3 is 0 Å². The zero-order valence-electron chi connectivity index (χ0n) is 18.2. The van der Waals surface area contributed by atoms with Crippen molar-refractivity contribution in [2.45, 2.75) is 92.7 Å². The molecule has 0 amide bonds. The van der Waals surface area contributed by atoms with Crippen LogP contribution in [-0.2, 0) is 0 Å². The third-order valence-corrected chi connectivity index (χ3v) is 28.0. The van der Waals surface area contributed by atoms with Crippen molar-refractivity contribution in [1.29, 1.82) is 0 Å². The predicted octanol–water partition coefficient (Wildman–Crippen LogP) is 7.59. The summed E-state index contributed by atoms with van der Waals surface area (Å²) in [5, 5.41) is 0. The standard InChI is InChI=1S/C22H38Si2/c1-13-14(2)18(6)21(17(13)5)23(9,10)24(11,12)22-19(7)15(3)16(4)20(22)8/h21-22H,1-12H3. The topological polar surface area (TPSA) is 0 Å². The summed E-state index contributed by atoms with van der Waals surface area (Å²) in [6.45, 7) is 29.8. The van der Waals surface area contributed by atoms with Gasteiger partial charge >= 0.3 is 0 Å². The van der Waals surface area contributed by atoms with Gasteiger partial charge in [-0.15, -0.1) is 0 Å². The monoisotopic (exact) mass is 358 g/mol. The van der Waals surface area contributed by atoms with Crippen LogP contribution in [0.2, 0.25) is 37.3 Å². The second-order valence-corrected chi connectivity index (χ2v) is 25.3. The van der Waals surface area contributed by atoms with E-state index in [9.17, 15) is 0 Å². The molecule has 0 fully saturated rings. The molecule has 0 spiro atoms. The minimum Gasteiger partial charge on any atom is -0.0705 e. The van der Waals surface area contributed by atoms with Crippen LogP contribution < -0.4 is 0 Å². The Morgan fingerprint density at radius 1 is 0.417 bits per heavy atom. The summed E-state index contributed by atoms with van der Waals surface area (Å²) in [4.78, 5) is 0. The molecule has 134 valence electrons. The third kappa shape index (κ3) is 2.44. The van der Waals surface area contributed by atoms with E-state index in [0.717, 1.165) is 11.1 Å². The van der Waals surface area contributed by atoms with Crippen molar-refractivity contribution in [2.24, 2.45) is 0 Å². The van der Waals surface area contributed by atoms with E-state index >= 15 is 0 Å². The van der Waals surface area contributed by atoms with Crippen molar-refractivity contribution in [3.05, 3.63) is 44.6 Å². The van der Waals surface area contributed by atoms with Crippen LogP contribution in [0.5, 0.6) is 0 Å². The quantitative estimate of drug-likeness (QED) is 0.456. The van der Waals surface area contributed by atoms with Gasteiger partial charge in [0.15, 0.2) is 0 Å². The van der Waals surface area contributed by atoms with Crippen LogP contribution in [0.15, 0.2) is 44.6 Å². The van der Waals surface area contributed by atoms with Gasteiger partial charge in [-0.3, -0.25) is 0 Å². The second kappa shape index (κ2) is 5.98. The summed E-state index contributed by atoms with van der Waals surface area (Å²) in [5.74, 6) is 0. The van der Waals surface area contributed by atoms with Gasteiger partial charge in [0.2, 0.25) is 0 Å². The molecule has 0 bridgehead atoms. The van der Waals surface area contributed by atoms with Crippen LogP contribution in [0.4, 0.5) is 0 Å². The summed E-state index contributed by atoms with van der Waals surface area (Å²) in [6.07, 6.45) is 0. The van der Waals surface area contributed by atoms with Crippen molar-refractivity contribution >= 4 is 15.2 Å². The first-order valence-electron chi connectivity index (χ1n) is 9.48. The molecule has 24 heavy (non-hydrogen) atoms. The Labute approximate surface area is 152 Å². The Morgan fingerprint density at radius 2 is 0.583 bits per heavy atom. The molecule has 0 aliphatic heterocycles. The van der Waals surface area contributed by atoms with Crippen LogP contribution in [0.25, 0.3) is 0 Å². The number of hydrogen-bond acceptors (Lipinski definition) is 0. The van der Waals surface area contributed by atoms with E-state index in [0.29, 0.717) is 0 Å². The fourth-order valence-electron chi connectivity index (χ4n) is 5.61. The number of rotatable bonds is 3. The minimum absolute atomic E-state index is 0.751. The van der Waals surface area contributed by atoms with Gasteiger partial charge in [-0.2, -0.15) is 0 Å². The SMILES string of the molecule is CC1=C(C)C([Si](C)(C)[Si](C)(C)C2C(C)=C(C)C(C)=C2C)C(C)=C1C. The summed E-state index contributed by atoms with van der Waals surface area (Å²) in [5.41, 5.74) is 14.5. The van der Waals surface area contributed by atoms with E-state index in [1.807, 2.05) is 0 Å². The summed E-state index contributed by atoms with van der Waals surface area (Å²) in [6, 6.07) is 0. The fourth-order valence-corrected chi connectivity index (χ4v) is 19.4. The highest BCUT2D eigenvalue weighted by molar-refractivity contribution is 7.42. The lowest BCUT2D eigenvalue weighted by Gasteiger charge is -2.49. The van der Waals surface area contributed by atoms with Gasteiger partial charge in [0, 0.05) is 0 Å². The normalized spacial score (nSPS) is 22.0. The molecule has 0 nitrogen and oxygen atoms in total. The molecule has 0 heterocycles. The third-order valence-electron chi connectivity index (χ3n) is 8.33. The average Bonchev–Trinajstić information content (AvgIpc) is 2.80. The summed E-state index contributed by atoms with van der Waals surface area (Å²) >= 11 is 0. The number of allylic oxidation sites excluding steroid dienone is 8. The first-order valence-corrected chi connectivity index (χ1v) is 16.6. The maximum atomic E-state index is 2.70. The molecule has 2 aliphatic carbocycles. The number of hydrogen-bond donors (Lipinski definition) is 0. The van der Waals surface area contributed by atoms with E-state index in [1.165, 1.54) is 0 Å². The lowest BCUT2D eigenvalue weighted by molar-refractivity contribution is 1.05. The van der Waals surface area contributed by atoms with E-state index in [4.69, 9.17) is 0 Å². The Balaban J connectivity index is 2.58. The summed E-state index contributed by atoms with van der Waals surface area (Å²) < 4.78 is 0. The highest BCUT2D eigenvalue weighted by Gasteiger charge is 2.54. The smallest absolute Gasteiger partial charge is 0.0547 e. The van der Waals surface area contributed by atoms with Crippen LogP contribution in [-0.4, -0.2) is 15.2 Å². The molecule has 0 aromatic carbocycles. The molecule has 0 saturated carbocycles. The molecule has 2 heteroatoms.